The van der Waals surface area contributed by atoms with Crippen molar-refractivity contribution in [3.05, 3.63) is 12.2 Å². The first-order valence-corrected chi connectivity index (χ1v) is 4.60. The number of nitrogens with one attached hydrogen (secondary N) is 1. The van der Waals surface area contributed by atoms with Gasteiger partial charge in [-0.2, -0.15) is 5.26 Å². The van der Waals surface area contributed by atoms with Crippen LogP contribution in [0.3, 0.4) is 0 Å². The first kappa shape index (κ1) is 13.6. The van der Waals surface area contributed by atoms with E-state index in [1.807, 2.05) is 6.92 Å². The number of amides is 1. The van der Waals surface area contributed by atoms with Crippen LogP contribution in [0.25, 0.3) is 0 Å². The van der Waals surface area contributed by atoms with Gasteiger partial charge in [0.1, 0.15) is 13.2 Å². The van der Waals surface area contributed by atoms with Crippen molar-refractivity contribution in [2.24, 2.45) is 0 Å². The van der Waals surface area contributed by atoms with Gasteiger partial charge in [0.2, 0.25) is 5.91 Å². The van der Waals surface area contributed by atoms with E-state index >= 15 is 0 Å². The lowest BCUT2D eigenvalue weighted by molar-refractivity contribution is -0.120. The number of nitriles is 1. The summed E-state index contributed by atoms with van der Waals surface area (Å²) in [5.74, 6) is -0.288. The topological polar surface area (TPSA) is 71.3 Å². The number of carbonyl (C=O) groups excluding carboxylic acids is 1. The third-order valence-electron chi connectivity index (χ3n) is 1.32. The second kappa shape index (κ2) is 9.19. The smallest absolute Gasteiger partial charge is 0.234 e. The number of hydrogen-bond donors (Lipinski definition) is 1. The van der Waals surface area contributed by atoms with Gasteiger partial charge in [-0.05, 0) is 6.92 Å². The largest absolute Gasteiger partial charge is 0.354 e. The minimum absolute atomic E-state index is 0. The van der Waals surface area contributed by atoms with Crippen LogP contribution in [0.5, 0.6) is 0 Å². The molecule has 1 amide bonds. The summed E-state index contributed by atoms with van der Waals surface area (Å²) in [6, 6.07) is 1.75. The van der Waals surface area contributed by atoms with Crippen LogP contribution >= 0.6 is 0 Å². The monoisotopic (exact) mass is 214 g/mol. The molecule has 0 aromatic heterocycles. The molecule has 0 saturated heterocycles. The number of rotatable bonds is 8. The summed E-state index contributed by atoms with van der Waals surface area (Å²) in [7, 11) is 0. The Hall–Kier alpha value is -1.38. The maximum Gasteiger partial charge on any atom is 0.234 e. The Labute approximate surface area is 91.1 Å². The van der Waals surface area contributed by atoms with E-state index in [1.165, 1.54) is 0 Å². The molecule has 0 aromatic rings. The number of ether oxygens (including phenoxy) is 2. The van der Waals surface area contributed by atoms with Crippen molar-refractivity contribution < 1.29 is 15.7 Å². The molecule has 0 heterocycles. The van der Waals surface area contributed by atoms with Crippen LogP contribution in [-0.2, 0) is 14.3 Å². The number of hydrogen-bond acceptors (Lipinski definition) is 4. The average Bonchev–Trinajstić information content (AvgIpc) is 2.16. The molecule has 0 fully saturated rings. The minimum Gasteiger partial charge on any atom is -0.354 e. The van der Waals surface area contributed by atoms with E-state index < -0.39 is 0 Å². The third-order valence-corrected chi connectivity index (χ3v) is 1.32. The molecule has 86 valence electrons. The summed E-state index contributed by atoms with van der Waals surface area (Å²) in [6.07, 6.45) is -0.119. The van der Waals surface area contributed by atoms with Crippen LogP contribution in [0, 0.1) is 11.3 Å². The van der Waals surface area contributed by atoms with E-state index in [-0.39, 0.29) is 20.5 Å². The van der Waals surface area contributed by atoms with E-state index in [0.717, 1.165) is 5.57 Å². The summed E-state index contributed by atoms with van der Waals surface area (Å²) < 4.78 is 10.1. The fraction of sp³-hybridized carbons (Fsp3) is 0.600. The highest BCUT2D eigenvalue weighted by molar-refractivity contribution is 5.77. The van der Waals surface area contributed by atoms with Gasteiger partial charge in [0.25, 0.3) is 0 Å². The third kappa shape index (κ3) is 10.5. The van der Waals surface area contributed by atoms with Crippen LogP contribution in [0.4, 0.5) is 0 Å². The highest BCUT2D eigenvalue weighted by Gasteiger charge is 1.97. The Morgan fingerprint density at radius 3 is 2.93 bits per heavy atom. The maximum atomic E-state index is 10.8. The molecular weight excluding hydrogens is 196 g/mol. The molecule has 0 aliphatic rings. The van der Waals surface area contributed by atoms with Crippen molar-refractivity contribution in [1.29, 1.82) is 5.26 Å². The van der Waals surface area contributed by atoms with Gasteiger partial charge in [-0.15, -0.1) is 0 Å². The van der Waals surface area contributed by atoms with Crippen molar-refractivity contribution >= 4 is 5.91 Å². The summed E-state index contributed by atoms with van der Waals surface area (Å²) in [6.45, 7) is 6.94. The molecule has 0 bridgehead atoms. The Bertz CT molecular complexity index is 251. The molecule has 5 nitrogen and oxygen atoms in total. The summed E-state index contributed by atoms with van der Waals surface area (Å²) in [5, 5.41) is 10.7. The first-order valence-electron chi connectivity index (χ1n) is 4.60. The SMILES string of the molecule is C=C(C)COCOCCNC(=O)CC#N.[HH]. The van der Waals surface area contributed by atoms with Crippen molar-refractivity contribution in [3.8, 4) is 6.07 Å². The Kier molecular flexibility index (Phi) is 8.34. The van der Waals surface area contributed by atoms with E-state index in [9.17, 15) is 4.79 Å². The molecule has 0 spiro atoms. The Morgan fingerprint density at radius 2 is 2.33 bits per heavy atom. The second-order valence-electron chi connectivity index (χ2n) is 3.02. The molecule has 0 aliphatic carbocycles. The maximum absolute atomic E-state index is 10.8. The average molecular weight is 214 g/mol. The minimum atomic E-state index is -0.288. The molecule has 0 unspecified atom stereocenters. The highest BCUT2D eigenvalue weighted by atomic mass is 16.7. The quantitative estimate of drug-likeness (QED) is 0.369. The van der Waals surface area contributed by atoms with E-state index in [1.54, 1.807) is 6.07 Å². The Morgan fingerprint density at radius 1 is 1.60 bits per heavy atom. The van der Waals surface area contributed by atoms with E-state index in [4.69, 9.17) is 14.7 Å². The zero-order valence-electron chi connectivity index (χ0n) is 8.91. The van der Waals surface area contributed by atoms with Crippen molar-refractivity contribution in [2.45, 2.75) is 13.3 Å². The molecule has 5 heteroatoms. The van der Waals surface area contributed by atoms with Crippen LogP contribution < -0.4 is 5.32 Å². The fourth-order valence-corrected chi connectivity index (χ4v) is 0.731. The fourth-order valence-electron chi connectivity index (χ4n) is 0.731. The van der Waals surface area contributed by atoms with Gasteiger partial charge < -0.3 is 14.8 Å². The van der Waals surface area contributed by atoms with Gasteiger partial charge in [0.15, 0.2) is 0 Å². The molecule has 1 N–H and O–H groups in total. The molecule has 15 heavy (non-hydrogen) atoms. The first-order chi connectivity index (χ1) is 7.16. The predicted octanol–water partition coefficient (Wildman–Crippen LogP) is 0.829. The second-order valence-corrected chi connectivity index (χ2v) is 3.02. The highest BCUT2D eigenvalue weighted by Crippen LogP contribution is 1.87. The van der Waals surface area contributed by atoms with Crippen molar-refractivity contribution in [2.75, 3.05) is 26.6 Å². The molecular formula is C10H18N2O3. The molecule has 0 rings (SSSR count). The lowest BCUT2D eigenvalue weighted by atomic mass is 10.4. The zero-order chi connectivity index (χ0) is 11.5. The number of carbonyl (C=O) groups is 1. The summed E-state index contributed by atoms with van der Waals surface area (Å²) >= 11 is 0. The van der Waals surface area contributed by atoms with Gasteiger partial charge in [-0.25, -0.2) is 0 Å². The summed E-state index contributed by atoms with van der Waals surface area (Å²) in [4.78, 5) is 10.8. The summed E-state index contributed by atoms with van der Waals surface area (Å²) in [5.41, 5.74) is 0.931. The van der Waals surface area contributed by atoms with Crippen molar-refractivity contribution in [1.82, 2.24) is 5.32 Å². The van der Waals surface area contributed by atoms with Crippen molar-refractivity contribution in [3.63, 3.8) is 0 Å². The predicted molar refractivity (Wildman–Crippen MR) is 56.9 cm³/mol. The van der Waals surface area contributed by atoms with Gasteiger partial charge in [0.05, 0.1) is 19.3 Å². The molecule has 0 radical (unpaired) electrons. The molecule has 0 saturated carbocycles. The van der Waals surface area contributed by atoms with Gasteiger partial charge >= 0.3 is 0 Å². The molecule has 0 atom stereocenters. The molecule has 0 aromatic carbocycles. The zero-order valence-corrected chi connectivity index (χ0v) is 8.91. The van der Waals surface area contributed by atoms with E-state index in [2.05, 4.69) is 11.9 Å². The Balaban J connectivity index is 0. The van der Waals surface area contributed by atoms with Gasteiger partial charge in [-0.1, -0.05) is 12.2 Å². The lowest BCUT2D eigenvalue weighted by Crippen LogP contribution is -2.26. The normalized spacial score (nSPS) is 9.33. The van der Waals surface area contributed by atoms with Crippen LogP contribution in [0.2, 0.25) is 0 Å². The van der Waals surface area contributed by atoms with Crippen LogP contribution in [0.15, 0.2) is 12.2 Å². The lowest BCUT2D eigenvalue weighted by Gasteiger charge is -2.05. The van der Waals surface area contributed by atoms with Gasteiger partial charge in [-0.3, -0.25) is 4.79 Å². The van der Waals surface area contributed by atoms with Crippen LogP contribution in [0.1, 0.15) is 14.8 Å². The van der Waals surface area contributed by atoms with Crippen LogP contribution in [-0.4, -0.2) is 32.5 Å². The van der Waals surface area contributed by atoms with Gasteiger partial charge in [0, 0.05) is 7.97 Å². The number of nitrogens with zero attached hydrogens (tertiary/aromatic N) is 1. The van der Waals surface area contributed by atoms with E-state index in [0.29, 0.717) is 19.8 Å². The standard InChI is InChI=1S/C10H16N2O3.H2/c1-9(2)7-15-8-14-6-5-12-10(13)3-4-11;/h1,3,5-8H2,2H3,(H,12,13);1H. The molecule has 0 aliphatic heterocycles.